The highest BCUT2D eigenvalue weighted by atomic mass is 32.1. The molecule has 0 aliphatic carbocycles. The van der Waals surface area contributed by atoms with E-state index < -0.39 is 0 Å². The van der Waals surface area contributed by atoms with E-state index in [2.05, 4.69) is 27.5 Å². The Morgan fingerprint density at radius 3 is 3.12 bits per heavy atom. The second-order valence-electron chi connectivity index (χ2n) is 4.93. The summed E-state index contributed by atoms with van der Waals surface area (Å²) in [6.45, 7) is 4.63. The average Bonchev–Trinajstić information content (AvgIpc) is 2.87. The first-order valence-electron chi connectivity index (χ1n) is 6.25. The van der Waals surface area contributed by atoms with Gasteiger partial charge in [0.05, 0.1) is 5.69 Å². The van der Waals surface area contributed by atoms with E-state index in [0.717, 1.165) is 16.9 Å². The van der Waals surface area contributed by atoms with Crippen LogP contribution in [0.4, 0.5) is 5.13 Å². The molecule has 0 bridgehead atoms. The normalized spacial score (nSPS) is 30.3. The Hall–Kier alpha value is -0.610. The van der Waals surface area contributed by atoms with Crippen LogP contribution in [0.15, 0.2) is 5.38 Å². The number of hydrogen-bond acceptors (Lipinski definition) is 4. The van der Waals surface area contributed by atoms with E-state index >= 15 is 0 Å². The second kappa shape index (κ2) is 4.34. The van der Waals surface area contributed by atoms with Gasteiger partial charge >= 0.3 is 0 Å². The van der Waals surface area contributed by atoms with Gasteiger partial charge in [-0.15, -0.1) is 11.3 Å². The minimum atomic E-state index is 0.630. The Bertz CT molecular complexity index is 363. The van der Waals surface area contributed by atoms with Crippen molar-refractivity contribution < 1.29 is 0 Å². The lowest BCUT2D eigenvalue weighted by Gasteiger charge is -2.32. The Balaban J connectivity index is 1.67. The molecule has 3 rings (SSSR count). The molecule has 1 aromatic rings. The van der Waals surface area contributed by atoms with Gasteiger partial charge in [-0.2, -0.15) is 0 Å². The van der Waals surface area contributed by atoms with E-state index in [4.69, 9.17) is 0 Å². The van der Waals surface area contributed by atoms with E-state index in [9.17, 15) is 0 Å². The number of anilines is 1. The summed E-state index contributed by atoms with van der Waals surface area (Å²) >= 11 is 1.74. The Labute approximate surface area is 101 Å². The molecule has 0 amide bonds. The summed E-state index contributed by atoms with van der Waals surface area (Å²) in [6.07, 6.45) is 5.43. The molecule has 0 radical (unpaired) electrons. The van der Waals surface area contributed by atoms with E-state index in [0.29, 0.717) is 6.04 Å². The van der Waals surface area contributed by atoms with Crippen molar-refractivity contribution in [2.75, 3.05) is 18.4 Å². The van der Waals surface area contributed by atoms with Crippen LogP contribution >= 0.6 is 11.3 Å². The number of nitrogens with one attached hydrogen (secondary N) is 1. The summed E-state index contributed by atoms with van der Waals surface area (Å²) in [5, 5.41) is 6.85. The SMILES string of the molecule is Cc1csc(NC2CCN3CCCCC23)n1. The van der Waals surface area contributed by atoms with Gasteiger partial charge in [0.15, 0.2) is 5.13 Å². The summed E-state index contributed by atoms with van der Waals surface area (Å²) in [7, 11) is 0. The third-order valence-electron chi connectivity index (χ3n) is 3.78. The molecule has 2 unspecified atom stereocenters. The average molecular weight is 237 g/mol. The molecule has 2 saturated heterocycles. The molecule has 4 heteroatoms. The first-order chi connectivity index (χ1) is 7.83. The number of aryl methyl sites for hydroxylation is 1. The summed E-state index contributed by atoms with van der Waals surface area (Å²) < 4.78 is 0. The molecule has 1 N–H and O–H groups in total. The monoisotopic (exact) mass is 237 g/mol. The fraction of sp³-hybridized carbons (Fsp3) is 0.750. The smallest absolute Gasteiger partial charge is 0.183 e. The number of aromatic nitrogens is 1. The Kier molecular flexibility index (Phi) is 2.86. The molecule has 3 nitrogen and oxygen atoms in total. The van der Waals surface area contributed by atoms with Crippen LogP contribution in [0, 0.1) is 6.92 Å². The summed E-state index contributed by atoms with van der Waals surface area (Å²) in [4.78, 5) is 7.16. The number of piperidine rings is 1. The van der Waals surface area contributed by atoms with Crippen molar-refractivity contribution in [3.05, 3.63) is 11.1 Å². The molecule has 88 valence electrons. The molecule has 2 aliphatic heterocycles. The quantitative estimate of drug-likeness (QED) is 0.856. The lowest BCUT2D eigenvalue weighted by molar-refractivity contribution is 0.193. The molecule has 2 atom stereocenters. The Morgan fingerprint density at radius 1 is 1.38 bits per heavy atom. The van der Waals surface area contributed by atoms with Gasteiger partial charge in [0.1, 0.15) is 0 Å². The molecule has 2 fully saturated rings. The molecular formula is C12H19N3S. The van der Waals surface area contributed by atoms with Crippen molar-refractivity contribution in [1.29, 1.82) is 0 Å². The largest absolute Gasteiger partial charge is 0.357 e. The van der Waals surface area contributed by atoms with E-state index in [1.54, 1.807) is 11.3 Å². The highest BCUT2D eigenvalue weighted by Crippen LogP contribution is 2.29. The zero-order chi connectivity index (χ0) is 11.0. The van der Waals surface area contributed by atoms with Crippen LogP contribution in [0.3, 0.4) is 0 Å². The number of thiazole rings is 1. The van der Waals surface area contributed by atoms with Crippen molar-refractivity contribution in [3.8, 4) is 0 Å². The molecule has 16 heavy (non-hydrogen) atoms. The van der Waals surface area contributed by atoms with Crippen LogP contribution in [0.25, 0.3) is 0 Å². The van der Waals surface area contributed by atoms with Gasteiger partial charge in [0.2, 0.25) is 0 Å². The zero-order valence-corrected chi connectivity index (χ0v) is 10.6. The fourth-order valence-corrected chi connectivity index (χ4v) is 3.75. The standard InChI is InChI=1S/C12H19N3S/c1-9-8-16-12(13-9)14-10-5-7-15-6-3-2-4-11(10)15/h8,10-11H,2-7H2,1H3,(H,13,14). The maximum atomic E-state index is 4.50. The third kappa shape index (κ3) is 1.96. The number of nitrogens with zero attached hydrogens (tertiary/aromatic N) is 2. The van der Waals surface area contributed by atoms with E-state index in [-0.39, 0.29) is 0 Å². The van der Waals surface area contributed by atoms with Crippen LogP contribution in [0.1, 0.15) is 31.4 Å². The maximum absolute atomic E-state index is 4.50. The fourth-order valence-electron chi connectivity index (χ4n) is 2.99. The van der Waals surface area contributed by atoms with Gasteiger partial charge in [-0.25, -0.2) is 4.98 Å². The number of hydrogen-bond donors (Lipinski definition) is 1. The van der Waals surface area contributed by atoms with Gasteiger partial charge in [0.25, 0.3) is 0 Å². The van der Waals surface area contributed by atoms with Crippen LogP contribution < -0.4 is 5.32 Å². The molecule has 1 aromatic heterocycles. The predicted octanol–water partition coefficient (Wildman–Crippen LogP) is 2.49. The number of rotatable bonds is 2. The Morgan fingerprint density at radius 2 is 2.31 bits per heavy atom. The van der Waals surface area contributed by atoms with Gasteiger partial charge in [-0.05, 0) is 32.7 Å². The highest BCUT2D eigenvalue weighted by molar-refractivity contribution is 7.13. The van der Waals surface area contributed by atoms with E-state index in [1.807, 2.05) is 0 Å². The molecule has 2 aliphatic rings. The molecular weight excluding hydrogens is 218 g/mol. The molecule has 0 aromatic carbocycles. The molecule has 3 heterocycles. The van der Waals surface area contributed by atoms with Crippen LogP contribution in [-0.2, 0) is 0 Å². The lowest BCUT2D eigenvalue weighted by atomic mass is 9.99. The topological polar surface area (TPSA) is 28.2 Å². The minimum Gasteiger partial charge on any atom is -0.357 e. The van der Waals surface area contributed by atoms with Gasteiger partial charge in [-0.3, -0.25) is 4.90 Å². The number of fused-ring (bicyclic) bond motifs is 1. The minimum absolute atomic E-state index is 0.630. The second-order valence-corrected chi connectivity index (χ2v) is 5.79. The van der Waals surface area contributed by atoms with Crippen molar-refractivity contribution in [3.63, 3.8) is 0 Å². The molecule has 0 saturated carbocycles. The summed E-state index contributed by atoms with van der Waals surface area (Å²) in [5.41, 5.74) is 1.13. The van der Waals surface area contributed by atoms with Gasteiger partial charge in [0, 0.05) is 24.0 Å². The first kappa shape index (κ1) is 10.5. The molecule has 0 spiro atoms. The van der Waals surface area contributed by atoms with Crippen molar-refractivity contribution in [2.45, 2.75) is 44.7 Å². The van der Waals surface area contributed by atoms with Crippen LogP contribution in [-0.4, -0.2) is 35.1 Å². The maximum Gasteiger partial charge on any atom is 0.183 e. The van der Waals surface area contributed by atoms with Gasteiger partial charge in [-0.1, -0.05) is 6.42 Å². The van der Waals surface area contributed by atoms with E-state index in [1.165, 1.54) is 38.8 Å². The van der Waals surface area contributed by atoms with Crippen molar-refractivity contribution >= 4 is 16.5 Å². The van der Waals surface area contributed by atoms with Gasteiger partial charge < -0.3 is 5.32 Å². The first-order valence-corrected chi connectivity index (χ1v) is 7.13. The van der Waals surface area contributed by atoms with Crippen molar-refractivity contribution in [2.24, 2.45) is 0 Å². The zero-order valence-electron chi connectivity index (χ0n) is 9.78. The highest BCUT2D eigenvalue weighted by Gasteiger charge is 2.35. The third-order valence-corrected chi connectivity index (χ3v) is 4.68. The predicted molar refractivity (Wildman–Crippen MR) is 68.1 cm³/mol. The lowest BCUT2D eigenvalue weighted by Crippen LogP contribution is -2.41. The summed E-state index contributed by atoms with van der Waals surface area (Å²) in [6, 6.07) is 1.39. The van der Waals surface area contributed by atoms with Crippen LogP contribution in [0.5, 0.6) is 0 Å². The van der Waals surface area contributed by atoms with Crippen molar-refractivity contribution in [1.82, 2.24) is 9.88 Å². The summed E-state index contributed by atoms with van der Waals surface area (Å²) in [5.74, 6) is 0. The van der Waals surface area contributed by atoms with Crippen LogP contribution in [0.2, 0.25) is 0 Å².